The van der Waals surface area contributed by atoms with E-state index < -0.39 is 96.0 Å². The van der Waals surface area contributed by atoms with Gasteiger partial charge in [0.2, 0.25) is 35.4 Å². The molecule has 4 aromatic rings. The molecule has 77 heavy (non-hydrogen) atoms. The summed E-state index contributed by atoms with van der Waals surface area (Å²) in [5.41, 5.74) is 1.09. The number of carbonyl (C=O) groups is 8. The van der Waals surface area contributed by atoms with Gasteiger partial charge in [0, 0.05) is 25.6 Å². The first kappa shape index (κ1) is 61.6. The minimum atomic E-state index is -1.50. The number of hydrogen-bond donors (Lipinski definition) is 8. The van der Waals surface area contributed by atoms with E-state index in [1.807, 2.05) is 105 Å². The van der Waals surface area contributed by atoms with Crippen LogP contribution in [0.4, 0.5) is 10.5 Å². The van der Waals surface area contributed by atoms with E-state index in [4.69, 9.17) is 14.2 Å². The molecule has 0 bridgehead atoms. The molecule has 0 aliphatic carbocycles. The molecule has 0 fully saturated rings. The fourth-order valence-electron chi connectivity index (χ4n) is 8.12. The Morgan fingerprint density at radius 2 is 1.21 bits per heavy atom. The highest BCUT2D eigenvalue weighted by atomic mass is 16.6. The number of nitrogens with one attached hydrogen (secondary N) is 7. The average molecular weight is 1060 g/mol. The van der Waals surface area contributed by atoms with E-state index in [2.05, 4.69) is 43.8 Å². The van der Waals surface area contributed by atoms with E-state index in [9.17, 15) is 43.5 Å². The molecular weight excluding hydrogens is 987 g/mol. The van der Waals surface area contributed by atoms with Crippen molar-refractivity contribution in [2.75, 3.05) is 31.6 Å². The Hall–Kier alpha value is -7.90. The Kier molecular flexibility index (Phi) is 25.0. The number of rotatable bonds is 30. The van der Waals surface area contributed by atoms with Gasteiger partial charge in [-0.3, -0.25) is 28.8 Å². The van der Waals surface area contributed by atoms with Crippen molar-refractivity contribution in [2.45, 2.75) is 122 Å². The van der Waals surface area contributed by atoms with Crippen LogP contribution >= 0.6 is 0 Å². The molecule has 4 aromatic carbocycles. The normalized spacial score (nSPS) is 12.8. The van der Waals surface area contributed by atoms with Gasteiger partial charge in [0.05, 0.1) is 19.8 Å². The molecule has 7 amide bonds. The minimum absolute atomic E-state index is 0.109. The lowest BCUT2D eigenvalue weighted by Gasteiger charge is -2.37. The Bertz CT molecular complexity index is 2460. The van der Waals surface area contributed by atoms with Gasteiger partial charge < -0.3 is 56.5 Å². The van der Waals surface area contributed by atoms with Crippen LogP contribution in [0.5, 0.6) is 0 Å². The van der Waals surface area contributed by atoms with Crippen LogP contribution in [0.25, 0.3) is 0 Å². The van der Waals surface area contributed by atoms with Crippen molar-refractivity contribution < 1.29 is 57.7 Å². The number of alkyl carbamates (subject to hydrolysis) is 1. The molecule has 0 spiro atoms. The first-order valence-corrected chi connectivity index (χ1v) is 25.7. The molecule has 19 nitrogen and oxygen atoms in total. The summed E-state index contributed by atoms with van der Waals surface area (Å²) in [5, 5.41) is 28.3. The van der Waals surface area contributed by atoms with Crippen LogP contribution < -0.4 is 37.2 Å². The predicted octanol–water partition coefficient (Wildman–Crippen LogP) is 5.45. The molecule has 0 aromatic heterocycles. The van der Waals surface area contributed by atoms with Gasteiger partial charge >= 0.3 is 12.1 Å². The summed E-state index contributed by atoms with van der Waals surface area (Å²) in [6, 6.07) is 29.5. The highest BCUT2D eigenvalue weighted by Crippen LogP contribution is 2.40. The Balaban J connectivity index is 1.63. The van der Waals surface area contributed by atoms with Gasteiger partial charge in [-0.2, -0.15) is 0 Å². The molecule has 0 aliphatic heterocycles. The molecule has 0 unspecified atom stereocenters. The summed E-state index contributed by atoms with van der Waals surface area (Å²) in [6.45, 7) is 12.5. The van der Waals surface area contributed by atoms with Gasteiger partial charge in [0.25, 0.3) is 0 Å². The van der Waals surface area contributed by atoms with E-state index in [0.717, 1.165) is 0 Å². The Morgan fingerprint density at radius 1 is 0.636 bits per heavy atom. The predicted molar refractivity (Wildman–Crippen MR) is 290 cm³/mol. The number of ether oxygens (including phenoxy) is 3. The number of aliphatic hydroxyl groups excluding tert-OH is 1. The number of hydrogen-bond acceptors (Lipinski definition) is 12. The number of anilines is 1. The molecule has 0 saturated carbocycles. The largest absolute Gasteiger partial charge is 0.460 e. The van der Waals surface area contributed by atoms with Crippen LogP contribution in [0.3, 0.4) is 0 Å². The topological polar surface area (TPSA) is 269 Å². The van der Waals surface area contributed by atoms with Crippen LogP contribution in [0, 0.1) is 5.92 Å². The van der Waals surface area contributed by atoms with Crippen molar-refractivity contribution in [1.29, 1.82) is 0 Å². The first-order valence-electron chi connectivity index (χ1n) is 25.7. The number of aliphatic hydroxyl groups is 1. The summed E-state index contributed by atoms with van der Waals surface area (Å²) in [6.07, 6.45) is 1.41. The Morgan fingerprint density at radius 3 is 1.73 bits per heavy atom. The van der Waals surface area contributed by atoms with Crippen LogP contribution in [0.1, 0.15) is 102 Å². The molecule has 19 heteroatoms. The quantitative estimate of drug-likeness (QED) is 0.0140. The summed E-state index contributed by atoms with van der Waals surface area (Å²) >= 11 is 0. The van der Waals surface area contributed by atoms with Gasteiger partial charge in [-0.1, -0.05) is 130 Å². The van der Waals surface area contributed by atoms with Crippen molar-refractivity contribution in [3.8, 4) is 0 Å². The van der Waals surface area contributed by atoms with Crippen molar-refractivity contribution in [1.82, 2.24) is 31.9 Å². The zero-order valence-corrected chi connectivity index (χ0v) is 44.9. The van der Waals surface area contributed by atoms with Gasteiger partial charge in [0.1, 0.15) is 42.0 Å². The second-order valence-corrected chi connectivity index (χ2v) is 19.7. The fraction of sp³-hybridized carbons (Fsp3) is 0.414. The summed E-state index contributed by atoms with van der Waals surface area (Å²) in [5.74, 6) is -4.94. The number of carbonyl (C=O) groups excluding carboxylic acids is 8. The maximum absolute atomic E-state index is 14.6. The van der Waals surface area contributed by atoms with Crippen LogP contribution in [0.2, 0.25) is 0 Å². The van der Waals surface area contributed by atoms with E-state index in [1.54, 1.807) is 45.0 Å². The lowest BCUT2D eigenvalue weighted by Crippen LogP contribution is -2.57. The molecule has 8 N–H and O–H groups in total. The third-order valence-electron chi connectivity index (χ3n) is 11.7. The number of esters is 1. The van der Waals surface area contributed by atoms with E-state index in [-0.39, 0.29) is 51.4 Å². The molecule has 0 radical (unpaired) electrons. The van der Waals surface area contributed by atoms with Crippen molar-refractivity contribution in [3.05, 3.63) is 150 Å². The first-order chi connectivity index (χ1) is 36.7. The third-order valence-corrected chi connectivity index (χ3v) is 11.7. The molecular formula is C58H75N7O12. The minimum Gasteiger partial charge on any atom is -0.460 e. The molecule has 0 aliphatic rings. The number of benzene rings is 4. The molecule has 414 valence electrons. The monoisotopic (exact) mass is 1060 g/mol. The lowest BCUT2D eigenvalue weighted by molar-refractivity contribution is -0.147. The van der Waals surface area contributed by atoms with Crippen molar-refractivity contribution >= 4 is 53.2 Å². The van der Waals surface area contributed by atoms with Crippen molar-refractivity contribution in [3.63, 3.8) is 0 Å². The molecule has 4 rings (SSSR count). The molecule has 0 heterocycles. The van der Waals surface area contributed by atoms with E-state index in [1.165, 1.54) is 13.0 Å². The van der Waals surface area contributed by atoms with Gasteiger partial charge in [-0.25, -0.2) is 9.59 Å². The lowest BCUT2D eigenvalue weighted by atomic mass is 9.80. The zero-order chi connectivity index (χ0) is 56.4. The molecule has 0 saturated heterocycles. The maximum Gasteiger partial charge on any atom is 0.407 e. The van der Waals surface area contributed by atoms with Crippen LogP contribution in [-0.4, -0.2) is 109 Å². The smallest absolute Gasteiger partial charge is 0.407 e. The maximum atomic E-state index is 14.6. The summed E-state index contributed by atoms with van der Waals surface area (Å²) in [7, 11) is 0. The number of amides is 7. The van der Waals surface area contributed by atoms with Gasteiger partial charge in [-0.15, -0.1) is 0 Å². The average Bonchev–Trinajstić information content (AvgIpc) is 3.41. The number of unbranched alkanes of at least 4 members (excludes halogenated alkanes) is 1. The van der Waals surface area contributed by atoms with Crippen molar-refractivity contribution in [2.24, 2.45) is 5.92 Å². The second kappa shape index (κ2) is 31.2. The van der Waals surface area contributed by atoms with Gasteiger partial charge in [0.15, 0.2) is 0 Å². The highest BCUT2D eigenvalue weighted by molar-refractivity contribution is 5.98. The Labute approximate surface area is 451 Å². The standard InChI is InChI=1S/C58H75N7O12/c1-8-34-75-55(73)47(61-40(4)67)31-32-50(68)64-48(35-39(2)3)54(72)65-49(38-76-58(42-20-12-9-13-21-42,43-22-14-10-15-23-43)44-24-16-11-17-25-44)52(70)60-36-51(69)63-46(26-18-19-33-59-56(74)77-57(5,6)7)53(71)62-45-29-27-41(37-66)28-30-45/h8-17,20-25,27-30,39,46-49,66H,1,18-19,26,31-38H2,2-7H3,(H,59,74)(H,60,70)(H,61,67)(H,62,71)(H,63,69)(H,64,68)(H,65,72)/t46-,47-,48-,49-/m0/s1. The SMILES string of the molecule is C=CCOC(=O)[C@H](CCC(=O)N[C@@H](CC(C)C)C(=O)N[C@@H](COC(c1ccccc1)(c1ccccc1)c1ccccc1)C(=O)NCC(=O)N[C@@H](CCCCNC(=O)OC(C)(C)C)C(=O)Nc1ccc(CO)cc1)NC(C)=O. The summed E-state index contributed by atoms with van der Waals surface area (Å²) < 4.78 is 17.4. The molecule has 4 atom stereocenters. The van der Waals surface area contributed by atoms with Gasteiger partial charge in [-0.05, 0) is 93.2 Å². The summed E-state index contributed by atoms with van der Waals surface area (Å²) in [4.78, 5) is 107. The van der Waals surface area contributed by atoms with Crippen LogP contribution in [0.15, 0.2) is 128 Å². The fourth-order valence-corrected chi connectivity index (χ4v) is 8.12. The van der Waals surface area contributed by atoms with E-state index >= 15 is 0 Å². The van der Waals surface area contributed by atoms with Crippen LogP contribution in [-0.2, 0) is 60.0 Å². The van der Waals surface area contributed by atoms with E-state index in [0.29, 0.717) is 40.8 Å². The highest BCUT2D eigenvalue weighted by Gasteiger charge is 2.40. The second-order valence-electron chi connectivity index (χ2n) is 19.7. The third kappa shape index (κ3) is 21.0. The zero-order valence-electron chi connectivity index (χ0n) is 44.9.